The molecule has 1 aliphatic carbocycles. The van der Waals surface area contributed by atoms with Gasteiger partial charge in [-0.25, -0.2) is 9.18 Å². The van der Waals surface area contributed by atoms with Gasteiger partial charge in [0.25, 0.3) is 0 Å². The molecule has 1 saturated carbocycles. The maximum Gasteiger partial charge on any atom is 0.432 e. The summed E-state index contributed by atoms with van der Waals surface area (Å²) in [7, 11) is 0. The van der Waals surface area contributed by atoms with Gasteiger partial charge in [0.05, 0.1) is 5.69 Å². The first-order valence-corrected chi connectivity index (χ1v) is 7.22. The van der Waals surface area contributed by atoms with E-state index in [4.69, 9.17) is 4.74 Å². The third-order valence-corrected chi connectivity index (χ3v) is 4.51. The molecule has 6 heteroatoms. The summed E-state index contributed by atoms with van der Waals surface area (Å²) in [6.07, 6.45) is 3.62. The fourth-order valence-corrected chi connectivity index (χ4v) is 3.20. The smallest absolute Gasteiger partial charge is 0.432 e. The first-order chi connectivity index (χ1) is 9.95. The third-order valence-electron chi connectivity index (χ3n) is 4.51. The number of halogens is 1. The van der Waals surface area contributed by atoms with Crippen LogP contribution in [0.5, 0.6) is 0 Å². The standard InChI is InChI=1S/C15H19FN2O3/c1-14(20)15(9-3-2-4-10-15)21-13(19)18(14)17-12-7-5-11(16)6-8-12/h5-8,17,20H,2-4,9-10H2,1H3/t14-/m1/s1. The number of hydrazine groups is 1. The lowest BCUT2D eigenvalue weighted by molar-refractivity contribution is -0.154. The quantitative estimate of drug-likeness (QED) is 0.880. The predicted octanol–water partition coefficient (Wildman–Crippen LogP) is 3.02. The third kappa shape index (κ3) is 2.23. The Labute approximate surface area is 122 Å². The van der Waals surface area contributed by atoms with Crippen LogP contribution in [0.15, 0.2) is 24.3 Å². The van der Waals surface area contributed by atoms with Gasteiger partial charge in [-0.2, -0.15) is 5.01 Å². The average molecular weight is 294 g/mol. The minimum absolute atomic E-state index is 0.361. The molecule has 3 rings (SSSR count). The summed E-state index contributed by atoms with van der Waals surface area (Å²) >= 11 is 0. The summed E-state index contributed by atoms with van der Waals surface area (Å²) in [5.74, 6) is -0.361. The van der Waals surface area contributed by atoms with Gasteiger partial charge in [-0.3, -0.25) is 5.43 Å². The summed E-state index contributed by atoms with van der Waals surface area (Å²) in [5.41, 5.74) is 1.03. The first-order valence-electron chi connectivity index (χ1n) is 7.22. The molecular formula is C15H19FN2O3. The van der Waals surface area contributed by atoms with Gasteiger partial charge in [-0.05, 0) is 56.9 Å². The summed E-state index contributed by atoms with van der Waals surface area (Å²) in [4.78, 5) is 12.1. The highest BCUT2D eigenvalue weighted by molar-refractivity contribution is 5.74. The Morgan fingerprint density at radius 3 is 2.48 bits per heavy atom. The van der Waals surface area contributed by atoms with Crippen LogP contribution in [0, 0.1) is 5.82 Å². The SMILES string of the molecule is C[C@]1(O)N(Nc2ccc(F)cc2)C(=O)OC12CCCCC2. The van der Waals surface area contributed by atoms with Crippen molar-refractivity contribution >= 4 is 11.8 Å². The number of carbonyl (C=O) groups is 1. The number of hydrogen-bond acceptors (Lipinski definition) is 4. The number of benzene rings is 1. The normalized spacial score (nSPS) is 27.8. The molecule has 1 amide bonds. The topological polar surface area (TPSA) is 61.8 Å². The van der Waals surface area contributed by atoms with Gasteiger partial charge in [0.15, 0.2) is 11.3 Å². The van der Waals surface area contributed by atoms with Crippen LogP contribution in [-0.4, -0.2) is 27.5 Å². The Morgan fingerprint density at radius 2 is 1.86 bits per heavy atom. The number of carbonyl (C=O) groups excluding carboxylic acids is 1. The number of amides is 1. The summed E-state index contributed by atoms with van der Waals surface area (Å²) in [5, 5.41) is 12.0. The molecular weight excluding hydrogens is 275 g/mol. The Kier molecular flexibility index (Phi) is 3.28. The van der Waals surface area contributed by atoms with Gasteiger partial charge < -0.3 is 9.84 Å². The number of hydrogen-bond donors (Lipinski definition) is 2. The van der Waals surface area contributed by atoms with Gasteiger partial charge in [0.1, 0.15) is 5.82 Å². The Balaban J connectivity index is 1.85. The molecule has 5 nitrogen and oxygen atoms in total. The van der Waals surface area contributed by atoms with E-state index in [0.29, 0.717) is 18.5 Å². The highest BCUT2D eigenvalue weighted by Gasteiger charge is 2.62. The van der Waals surface area contributed by atoms with E-state index >= 15 is 0 Å². The molecule has 114 valence electrons. The fraction of sp³-hybridized carbons (Fsp3) is 0.533. The second kappa shape index (κ2) is 4.87. The lowest BCUT2D eigenvalue weighted by Crippen LogP contribution is -2.58. The zero-order chi connectivity index (χ0) is 15.1. The number of ether oxygens (including phenoxy) is 1. The maximum absolute atomic E-state index is 12.9. The molecule has 1 saturated heterocycles. The fourth-order valence-electron chi connectivity index (χ4n) is 3.20. The van der Waals surface area contributed by atoms with Crippen molar-refractivity contribution in [2.45, 2.75) is 50.4 Å². The second-order valence-corrected chi connectivity index (χ2v) is 5.90. The molecule has 0 aromatic heterocycles. The van der Waals surface area contributed by atoms with Crippen LogP contribution in [-0.2, 0) is 4.74 Å². The van der Waals surface area contributed by atoms with Crippen LogP contribution < -0.4 is 5.43 Å². The van der Waals surface area contributed by atoms with Crippen molar-refractivity contribution in [2.24, 2.45) is 0 Å². The monoisotopic (exact) mass is 294 g/mol. The molecule has 1 spiro atoms. The van der Waals surface area contributed by atoms with Gasteiger partial charge in [0.2, 0.25) is 0 Å². The summed E-state index contributed by atoms with van der Waals surface area (Å²) < 4.78 is 18.4. The lowest BCUT2D eigenvalue weighted by atomic mass is 9.78. The van der Waals surface area contributed by atoms with E-state index in [1.54, 1.807) is 6.92 Å². The first kappa shape index (κ1) is 14.1. The van der Waals surface area contributed by atoms with Crippen LogP contribution in [0.25, 0.3) is 0 Å². The van der Waals surface area contributed by atoms with Crippen molar-refractivity contribution in [3.63, 3.8) is 0 Å². The van der Waals surface area contributed by atoms with E-state index in [2.05, 4.69) is 5.43 Å². The minimum atomic E-state index is -1.45. The number of nitrogens with zero attached hydrogens (tertiary/aromatic N) is 1. The van der Waals surface area contributed by atoms with E-state index in [1.165, 1.54) is 24.3 Å². The number of anilines is 1. The molecule has 21 heavy (non-hydrogen) atoms. The average Bonchev–Trinajstić information content (AvgIpc) is 2.63. The van der Waals surface area contributed by atoms with Crippen LogP contribution in [0.3, 0.4) is 0 Å². The van der Waals surface area contributed by atoms with Crippen molar-refractivity contribution in [2.75, 3.05) is 5.43 Å². The molecule has 2 fully saturated rings. The van der Waals surface area contributed by atoms with E-state index in [1.807, 2.05) is 0 Å². The molecule has 1 aromatic rings. The van der Waals surface area contributed by atoms with E-state index in [9.17, 15) is 14.3 Å². The van der Waals surface area contributed by atoms with Crippen molar-refractivity contribution in [1.29, 1.82) is 0 Å². The van der Waals surface area contributed by atoms with Gasteiger partial charge in [-0.1, -0.05) is 6.42 Å². The number of nitrogens with one attached hydrogen (secondary N) is 1. The Hall–Kier alpha value is -1.82. The summed E-state index contributed by atoms with van der Waals surface area (Å²) in [6.45, 7) is 1.58. The van der Waals surface area contributed by atoms with Gasteiger partial charge in [0, 0.05) is 0 Å². The van der Waals surface area contributed by atoms with E-state index in [0.717, 1.165) is 24.3 Å². The van der Waals surface area contributed by atoms with E-state index in [-0.39, 0.29) is 5.82 Å². The van der Waals surface area contributed by atoms with Crippen LogP contribution in [0.4, 0.5) is 14.9 Å². The van der Waals surface area contributed by atoms with Crippen LogP contribution in [0.1, 0.15) is 39.0 Å². The van der Waals surface area contributed by atoms with Gasteiger partial charge >= 0.3 is 6.09 Å². The van der Waals surface area contributed by atoms with E-state index < -0.39 is 17.4 Å². The maximum atomic E-state index is 12.9. The molecule has 1 heterocycles. The van der Waals surface area contributed by atoms with Crippen molar-refractivity contribution in [1.82, 2.24) is 5.01 Å². The number of rotatable bonds is 2. The molecule has 0 radical (unpaired) electrons. The molecule has 1 atom stereocenters. The molecule has 2 aliphatic rings. The minimum Gasteiger partial charge on any atom is -0.436 e. The predicted molar refractivity (Wildman–Crippen MR) is 74.8 cm³/mol. The van der Waals surface area contributed by atoms with Crippen LogP contribution in [0.2, 0.25) is 0 Å². The second-order valence-electron chi connectivity index (χ2n) is 5.90. The van der Waals surface area contributed by atoms with Crippen molar-refractivity contribution in [3.05, 3.63) is 30.1 Å². The van der Waals surface area contributed by atoms with Gasteiger partial charge in [-0.15, -0.1) is 0 Å². The lowest BCUT2D eigenvalue weighted by Gasteiger charge is -2.41. The molecule has 0 bridgehead atoms. The molecule has 1 aliphatic heterocycles. The number of aliphatic hydroxyl groups is 1. The highest BCUT2D eigenvalue weighted by Crippen LogP contribution is 2.46. The largest absolute Gasteiger partial charge is 0.436 e. The molecule has 0 unspecified atom stereocenters. The Morgan fingerprint density at radius 1 is 1.24 bits per heavy atom. The zero-order valence-electron chi connectivity index (χ0n) is 11.9. The molecule has 1 aromatic carbocycles. The van der Waals surface area contributed by atoms with Crippen LogP contribution >= 0.6 is 0 Å². The van der Waals surface area contributed by atoms with Crippen molar-refractivity contribution < 1.29 is 19.0 Å². The summed E-state index contributed by atoms with van der Waals surface area (Å²) in [6, 6.07) is 5.58. The highest BCUT2D eigenvalue weighted by atomic mass is 19.1. The Bertz CT molecular complexity index is 538. The molecule has 2 N–H and O–H groups in total. The zero-order valence-corrected chi connectivity index (χ0v) is 11.9. The van der Waals surface area contributed by atoms with Crippen molar-refractivity contribution in [3.8, 4) is 0 Å².